The van der Waals surface area contributed by atoms with Gasteiger partial charge in [-0.1, -0.05) is 173 Å². The van der Waals surface area contributed by atoms with E-state index >= 15 is 0 Å². The van der Waals surface area contributed by atoms with Crippen LogP contribution in [0.2, 0.25) is 0 Å². The van der Waals surface area contributed by atoms with Gasteiger partial charge in [-0.05, 0) is 76.2 Å². The fraction of sp³-hybridized carbons (Fsp3) is 0.115. The second-order valence-corrected chi connectivity index (χ2v) is 18.8. The molecule has 0 amide bonds. The van der Waals surface area contributed by atoms with E-state index in [1.807, 2.05) is 48.7 Å². The maximum Gasteiger partial charge on any atom is 0.148 e. The molecule has 0 unspecified atom stereocenters. The number of nitrogens with zero attached hydrogens (tertiary/aromatic N) is 4. The molecule has 330 valence electrons. The Labute approximate surface area is 406 Å². The summed E-state index contributed by atoms with van der Waals surface area (Å²) in [5.74, 6) is 0.805. The molecule has 0 aliphatic carbocycles. The van der Waals surface area contributed by atoms with E-state index < -0.39 is 0 Å². The van der Waals surface area contributed by atoms with Crippen LogP contribution in [0.3, 0.4) is 0 Å². The summed E-state index contributed by atoms with van der Waals surface area (Å²) in [6.07, 6.45) is 1.90. The zero-order valence-corrected chi connectivity index (χ0v) is 40.4. The van der Waals surface area contributed by atoms with Crippen molar-refractivity contribution in [3.8, 4) is 62.0 Å². The van der Waals surface area contributed by atoms with Gasteiger partial charge >= 0.3 is 0 Å². The van der Waals surface area contributed by atoms with Gasteiger partial charge in [0.2, 0.25) is 0 Å². The van der Waals surface area contributed by atoms with Crippen LogP contribution in [0.15, 0.2) is 200 Å². The Morgan fingerprint density at radius 1 is 0.478 bits per heavy atom. The summed E-state index contributed by atoms with van der Waals surface area (Å²) >= 11 is 0. The average molecular weight is 1050 g/mol. The Bertz CT molecular complexity index is 3590. The number of fused-ring (bicyclic) bond motifs is 4. The number of hydrogen-bond acceptors (Lipinski definition) is 3. The molecule has 0 aliphatic rings. The Hall–Kier alpha value is -7.33. The Kier molecular flexibility index (Phi) is 11.1. The van der Waals surface area contributed by atoms with Gasteiger partial charge in [-0.15, -0.1) is 29.3 Å². The van der Waals surface area contributed by atoms with Gasteiger partial charge in [0.25, 0.3) is 0 Å². The monoisotopic (exact) mass is 1050 g/mol. The number of benzene rings is 8. The normalized spacial score (nSPS) is 11.9. The molecule has 0 radical (unpaired) electrons. The second-order valence-electron chi connectivity index (χ2n) is 18.8. The number of phenols is 1. The number of pyridine rings is 1. The van der Waals surface area contributed by atoms with Crippen LogP contribution in [0, 0.1) is 6.07 Å². The fourth-order valence-electron chi connectivity index (χ4n) is 9.52. The van der Waals surface area contributed by atoms with Crippen LogP contribution >= 0.6 is 0 Å². The molecule has 0 spiro atoms. The molecule has 0 aliphatic heterocycles. The van der Waals surface area contributed by atoms with Crippen LogP contribution in [0.25, 0.3) is 89.1 Å². The van der Waals surface area contributed by atoms with Crippen molar-refractivity contribution in [2.45, 2.75) is 45.4 Å². The van der Waals surface area contributed by atoms with E-state index in [1.165, 1.54) is 16.7 Å². The maximum absolute atomic E-state index is 12.2. The van der Waals surface area contributed by atoms with Gasteiger partial charge in [0.1, 0.15) is 11.6 Å². The molecule has 11 rings (SSSR count). The first-order chi connectivity index (χ1) is 32.0. The van der Waals surface area contributed by atoms with Gasteiger partial charge in [-0.2, -0.15) is 0 Å². The molecule has 8 aromatic carbocycles. The van der Waals surface area contributed by atoms with E-state index in [0.717, 1.165) is 77.7 Å². The summed E-state index contributed by atoms with van der Waals surface area (Å²) < 4.78 is 4.39. The number of para-hydroxylation sites is 4. The Balaban J connectivity index is 0.00000525. The molecule has 0 saturated carbocycles. The zero-order chi connectivity index (χ0) is 45.2. The second kappa shape index (κ2) is 17.1. The van der Waals surface area contributed by atoms with Crippen molar-refractivity contribution < 1.29 is 26.2 Å². The summed E-state index contributed by atoms with van der Waals surface area (Å²) in [7, 11) is 0. The Morgan fingerprint density at radius 2 is 1.09 bits per heavy atom. The quantitative estimate of drug-likeness (QED) is 0.154. The topological polar surface area (TPSA) is 55.9 Å². The van der Waals surface area contributed by atoms with Crippen molar-refractivity contribution in [3.63, 3.8) is 0 Å². The minimum Gasteiger partial charge on any atom is -0.507 e. The SMILES string of the molecule is CC(C)(C)c1cc(-c2cc(-c3ccc(C(C)(C)c4ccccc4)cc3)ccn2)[c-]c(-c2cccc3c2nc(-c2cc4c5ccccc5n(-c5ccccc5)c4cc2O)n3-c2ccccc2)c1.[Pt]. The smallest absolute Gasteiger partial charge is 0.148 e. The van der Waals surface area contributed by atoms with Crippen LogP contribution in [0.5, 0.6) is 5.75 Å². The van der Waals surface area contributed by atoms with Crippen molar-refractivity contribution in [3.05, 3.63) is 223 Å². The third-order valence-electron chi connectivity index (χ3n) is 13.2. The van der Waals surface area contributed by atoms with Crippen molar-refractivity contribution >= 4 is 32.8 Å². The zero-order valence-electron chi connectivity index (χ0n) is 38.1. The fourth-order valence-corrected chi connectivity index (χ4v) is 9.52. The first-order valence-electron chi connectivity index (χ1n) is 22.6. The molecule has 0 fully saturated rings. The van der Waals surface area contributed by atoms with Gasteiger partial charge < -0.3 is 9.67 Å². The van der Waals surface area contributed by atoms with E-state index in [4.69, 9.17) is 9.97 Å². The number of aromatic nitrogens is 4. The summed E-state index contributed by atoms with van der Waals surface area (Å²) in [4.78, 5) is 10.4. The van der Waals surface area contributed by atoms with Gasteiger partial charge in [0, 0.05) is 66.6 Å². The van der Waals surface area contributed by atoms with Crippen molar-refractivity contribution in [2.24, 2.45) is 0 Å². The van der Waals surface area contributed by atoms with Crippen LogP contribution in [-0.2, 0) is 31.9 Å². The molecule has 3 aromatic heterocycles. The number of hydrogen-bond donors (Lipinski definition) is 1. The first-order valence-corrected chi connectivity index (χ1v) is 22.6. The van der Waals surface area contributed by atoms with E-state index in [0.29, 0.717) is 11.4 Å². The van der Waals surface area contributed by atoms with Gasteiger partial charge in [0.05, 0.1) is 27.6 Å². The van der Waals surface area contributed by atoms with Crippen LogP contribution in [0.1, 0.15) is 51.3 Å². The van der Waals surface area contributed by atoms with Crippen LogP contribution < -0.4 is 0 Å². The number of imidazole rings is 1. The molecule has 3 heterocycles. The molecule has 0 saturated heterocycles. The molecule has 67 heavy (non-hydrogen) atoms. The van der Waals surface area contributed by atoms with Gasteiger partial charge in [0.15, 0.2) is 0 Å². The van der Waals surface area contributed by atoms with Crippen LogP contribution in [-0.4, -0.2) is 24.2 Å². The molecule has 1 N–H and O–H groups in total. The summed E-state index contributed by atoms with van der Waals surface area (Å²) in [5, 5.41) is 14.3. The maximum atomic E-state index is 12.2. The minimum atomic E-state index is -0.166. The first kappa shape index (κ1) is 43.6. The molecule has 6 heteroatoms. The summed E-state index contributed by atoms with van der Waals surface area (Å²) in [5.41, 5.74) is 15.7. The minimum absolute atomic E-state index is 0. The van der Waals surface area contributed by atoms with E-state index in [1.54, 1.807) is 0 Å². The van der Waals surface area contributed by atoms with E-state index in [-0.39, 0.29) is 37.6 Å². The van der Waals surface area contributed by atoms with E-state index in [2.05, 4.69) is 201 Å². The van der Waals surface area contributed by atoms with Crippen molar-refractivity contribution in [2.75, 3.05) is 0 Å². The largest absolute Gasteiger partial charge is 0.507 e. The molecular weight excluding hydrogens is 1000 g/mol. The van der Waals surface area contributed by atoms with Crippen LogP contribution in [0.4, 0.5) is 0 Å². The van der Waals surface area contributed by atoms with Gasteiger partial charge in [-0.3, -0.25) is 9.55 Å². The summed E-state index contributed by atoms with van der Waals surface area (Å²) in [6.45, 7) is 11.3. The third-order valence-corrected chi connectivity index (χ3v) is 13.2. The van der Waals surface area contributed by atoms with E-state index in [9.17, 15) is 5.11 Å². The third kappa shape index (κ3) is 7.77. The number of rotatable bonds is 8. The molecule has 5 nitrogen and oxygen atoms in total. The number of phenolic OH excluding ortho intramolecular Hbond substituents is 1. The van der Waals surface area contributed by atoms with Gasteiger partial charge in [-0.25, -0.2) is 4.98 Å². The molecule has 0 atom stereocenters. The predicted octanol–water partition coefficient (Wildman–Crippen LogP) is 15.3. The average Bonchev–Trinajstić information content (AvgIpc) is 3.90. The Morgan fingerprint density at radius 3 is 1.79 bits per heavy atom. The molecule has 11 aromatic rings. The standard InChI is InChI=1S/C61H49N4O.Pt/c1-60(2,3)46-35-42(34-43(36-46)53-37-41(32-33-62-53)40-28-30-45(31-29-40)61(4,5)44-18-9-6-10-19-44)49-25-17-27-55-58(49)63-59(65(55)48-22-13-8-14-23-48)52-38-51-50-24-15-16-26-54(50)64(56(51)39-57(52)66)47-20-11-7-12-21-47;/h6-33,35-39,66H,1-5H3;/q-1;. The molecule has 0 bridgehead atoms. The number of aromatic hydroxyl groups is 1. The predicted molar refractivity (Wildman–Crippen MR) is 273 cm³/mol. The van der Waals surface area contributed by atoms with Crippen molar-refractivity contribution in [1.82, 2.24) is 19.1 Å². The molecular formula is C61H49N4OPt-. The summed E-state index contributed by atoms with van der Waals surface area (Å²) in [6, 6.07) is 71.5. The van der Waals surface area contributed by atoms with Crippen molar-refractivity contribution in [1.29, 1.82) is 0 Å².